The molecule has 1 unspecified atom stereocenters. The minimum Gasteiger partial charge on any atom is -1.00 e. The first-order chi connectivity index (χ1) is 5.52. The van der Waals surface area contributed by atoms with Gasteiger partial charge in [-0.05, 0) is 31.9 Å². The Hall–Kier alpha value is 0.330. The fourth-order valence-electron chi connectivity index (χ4n) is 1.44. The Morgan fingerprint density at radius 3 is 1.92 bits per heavy atom. The van der Waals surface area contributed by atoms with Crippen molar-refractivity contribution in [2.75, 3.05) is 0 Å². The van der Waals surface area contributed by atoms with E-state index >= 15 is 0 Å². The predicted molar refractivity (Wildman–Crippen MR) is 50.8 cm³/mol. The second-order valence-electron chi connectivity index (χ2n) is 2.98. The summed E-state index contributed by atoms with van der Waals surface area (Å²) in [5.41, 5.74) is 2.89. The van der Waals surface area contributed by atoms with Crippen molar-refractivity contribution >= 4 is 11.1 Å². The number of benzene rings is 1. The molecule has 1 atom stereocenters. The molecular formula is C9H13NaO2S. The van der Waals surface area contributed by atoms with Gasteiger partial charge in [0.2, 0.25) is 0 Å². The molecule has 1 aromatic rings. The molecule has 0 saturated carbocycles. The van der Waals surface area contributed by atoms with E-state index in [2.05, 4.69) is 0 Å². The molecular weight excluding hydrogens is 195 g/mol. The van der Waals surface area contributed by atoms with Crippen LogP contribution in [0.25, 0.3) is 0 Å². The summed E-state index contributed by atoms with van der Waals surface area (Å²) in [4.78, 5) is 0.542. The van der Waals surface area contributed by atoms with Crippen molar-refractivity contribution in [1.29, 1.82) is 0 Å². The Labute approximate surface area is 105 Å². The van der Waals surface area contributed by atoms with Crippen LogP contribution in [0.1, 0.15) is 18.1 Å². The molecule has 68 valence electrons. The maximum absolute atomic E-state index is 10.9. The van der Waals surface area contributed by atoms with Gasteiger partial charge < -0.3 is 5.98 Å². The zero-order valence-corrected chi connectivity index (χ0v) is 11.2. The number of rotatable bonds is 1. The smallest absolute Gasteiger partial charge is 1.00 e. The molecule has 0 saturated heterocycles. The Morgan fingerprint density at radius 1 is 1.23 bits per heavy atom. The minimum absolute atomic E-state index is 0. The quantitative estimate of drug-likeness (QED) is 0.490. The van der Waals surface area contributed by atoms with Crippen LogP contribution in [0.5, 0.6) is 0 Å². The molecule has 4 heteroatoms. The predicted octanol–water partition coefficient (Wildman–Crippen LogP) is -0.691. The van der Waals surface area contributed by atoms with Gasteiger partial charge in [0.25, 0.3) is 0 Å². The van der Waals surface area contributed by atoms with Crippen LogP contribution >= 0.6 is 0 Å². The second-order valence-corrected chi connectivity index (χ2v) is 3.88. The van der Waals surface area contributed by atoms with E-state index in [0.717, 1.165) is 16.7 Å². The maximum atomic E-state index is 10.9. The summed E-state index contributed by atoms with van der Waals surface area (Å²) in [6.45, 7) is 5.68. The fourth-order valence-corrected chi connectivity index (χ4v) is 2.11. The van der Waals surface area contributed by atoms with Gasteiger partial charge >= 0.3 is 29.6 Å². The van der Waals surface area contributed by atoms with E-state index in [4.69, 9.17) is 4.55 Å². The number of hydrogen-bond acceptors (Lipinski definition) is 1. The van der Waals surface area contributed by atoms with Crippen LogP contribution in [0.2, 0.25) is 0 Å². The van der Waals surface area contributed by atoms with Gasteiger partial charge in [-0.25, -0.2) is 4.21 Å². The molecule has 0 aliphatic rings. The standard InChI is InChI=1S/C9H12O2S.Na.H/c1-6-4-7(2)9(12(10)11)8(3)5-6;;/h4-5H,1-3H3,(H,10,11);;/q;+1;-1. The summed E-state index contributed by atoms with van der Waals surface area (Å²) in [6.07, 6.45) is 0. The van der Waals surface area contributed by atoms with Gasteiger partial charge in [0.15, 0.2) is 11.1 Å². The van der Waals surface area contributed by atoms with E-state index in [0.29, 0.717) is 4.90 Å². The minimum atomic E-state index is -1.86. The molecule has 0 fully saturated rings. The first-order valence-electron chi connectivity index (χ1n) is 3.71. The van der Waals surface area contributed by atoms with Gasteiger partial charge in [-0.15, -0.1) is 0 Å². The molecule has 0 amide bonds. The van der Waals surface area contributed by atoms with Crippen molar-refractivity contribution in [3.63, 3.8) is 0 Å². The molecule has 1 rings (SSSR count). The zero-order valence-electron chi connectivity index (χ0n) is 9.42. The van der Waals surface area contributed by atoms with E-state index in [9.17, 15) is 4.21 Å². The molecule has 1 aromatic carbocycles. The fraction of sp³-hybridized carbons (Fsp3) is 0.333. The molecule has 0 spiro atoms. The third kappa shape index (κ3) is 3.18. The Kier molecular flexibility index (Phi) is 5.40. The van der Waals surface area contributed by atoms with Gasteiger partial charge in [0, 0.05) is 0 Å². The van der Waals surface area contributed by atoms with Crippen molar-refractivity contribution in [2.24, 2.45) is 0 Å². The zero-order chi connectivity index (χ0) is 9.30. The van der Waals surface area contributed by atoms with Gasteiger partial charge in [0.05, 0.1) is 4.90 Å². The molecule has 13 heavy (non-hydrogen) atoms. The van der Waals surface area contributed by atoms with Crippen molar-refractivity contribution in [2.45, 2.75) is 25.7 Å². The Morgan fingerprint density at radius 2 is 1.62 bits per heavy atom. The SMILES string of the molecule is Cc1cc(C)c(S(=O)O)c(C)c1.[H-].[Na+]. The average molecular weight is 208 g/mol. The van der Waals surface area contributed by atoms with E-state index in [1.807, 2.05) is 32.9 Å². The third-order valence-corrected chi connectivity index (χ3v) is 2.77. The van der Waals surface area contributed by atoms with Crippen LogP contribution in [0.3, 0.4) is 0 Å². The number of hydrogen-bond donors (Lipinski definition) is 1. The summed E-state index contributed by atoms with van der Waals surface area (Å²) >= 11 is -1.86. The summed E-state index contributed by atoms with van der Waals surface area (Å²) < 4.78 is 19.8. The molecule has 0 aliphatic heterocycles. The van der Waals surface area contributed by atoms with E-state index in [1.54, 1.807) is 0 Å². The normalized spacial score (nSPS) is 12.0. The summed E-state index contributed by atoms with van der Waals surface area (Å²) in [6, 6.07) is 3.83. The molecule has 0 radical (unpaired) electrons. The summed E-state index contributed by atoms with van der Waals surface area (Å²) in [5.74, 6) is 0. The van der Waals surface area contributed by atoms with Gasteiger partial charge in [-0.2, -0.15) is 0 Å². The second kappa shape index (κ2) is 5.27. The third-order valence-electron chi connectivity index (χ3n) is 1.78. The van der Waals surface area contributed by atoms with Crippen molar-refractivity contribution in [1.82, 2.24) is 0 Å². The summed E-state index contributed by atoms with van der Waals surface area (Å²) in [7, 11) is 0. The summed E-state index contributed by atoms with van der Waals surface area (Å²) in [5, 5.41) is 0. The maximum Gasteiger partial charge on any atom is 1.00 e. The van der Waals surface area contributed by atoms with Crippen LogP contribution in [-0.4, -0.2) is 8.76 Å². The van der Waals surface area contributed by atoms with Gasteiger partial charge in [0.1, 0.15) is 0 Å². The topological polar surface area (TPSA) is 37.3 Å². The van der Waals surface area contributed by atoms with Gasteiger partial charge in [-0.3, -0.25) is 0 Å². The van der Waals surface area contributed by atoms with Gasteiger partial charge in [-0.1, -0.05) is 17.7 Å². The Bertz CT molecular complexity index is 319. The van der Waals surface area contributed by atoms with Crippen LogP contribution < -0.4 is 29.6 Å². The van der Waals surface area contributed by atoms with Crippen LogP contribution in [-0.2, 0) is 11.1 Å². The van der Waals surface area contributed by atoms with E-state index < -0.39 is 11.1 Å². The van der Waals surface area contributed by atoms with Crippen LogP contribution in [0, 0.1) is 20.8 Å². The van der Waals surface area contributed by atoms with Crippen LogP contribution in [0.4, 0.5) is 0 Å². The molecule has 2 nitrogen and oxygen atoms in total. The molecule has 0 bridgehead atoms. The molecule has 0 heterocycles. The van der Waals surface area contributed by atoms with E-state index in [-0.39, 0.29) is 31.0 Å². The van der Waals surface area contributed by atoms with Crippen molar-refractivity contribution in [3.8, 4) is 0 Å². The number of aryl methyl sites for hydroxylation is 3. The first-order valence-corrected chi connectivity index (χ1v) is 4.81. The van der Waals surface area contributed by atoms with Crippen LogP contribution in [0.15, 0.2) is 17.0 Å². The average Bonchev–Trinajstić information content (AvgIpc) is 1.82. The van der Waals surface area contributed by atoms with Crippen molar-refractivity contribution in [3.05, 3.63) is 28.8 Å². The first kappa shape index (κ1) is 13.3. The molecule has 1 N–H and O–H groups in total. The monoisotopic (exact) mass is 208 g/mol. The molecule has 0 aliphatic carbocycles. The Balaban J connectivity index is 0. The largest absolute Gasteiger partial charge is 1.00 e. The molecule has 0 aromatic heterocycles. The van der Waals surface area contributed by atoms with Crippen molar-refractivity contribution < 1.29 is 39.7 Å². The van der Waals surface area contributed by atoms with E-state index in [1.165, 1.54) is 0 Å².